The summed E-state index contributed by atoms with van der Waals surface area (Å²) in [5.41, 5.74) is 4.23. The van der Waals surface area contributed by atoms with Crippen LogP contribution in [0.2, 0.25) is 0 Å². The van der Waals surface area contributed by atoms with Gasteiger partial charge in [-0.15, -0.1) is 17.9 Å². The molecule has 0 saturated carbocycles. The number of methoxy groups -OCH3 is 1. The van der Waals surface area contributed by atoms with E-state index in [1.807, 2.05) is 19.1 Å². The summed E-state index contributed by atoms with van der Waals surface area (Å²) in [6, 6.07) is 7.18. The normalized spacial score (nSPS) is 14.9. The van der Waals surface area contributed by atoms with Crippen molar-refractivity contribution in [2.24, 2.45) is 0 Å². The molecule has 1 fully saturated rings. The van der Waals surface area contributed by atoms with Crippen LogP contribution in [0.25, 0.3) is 6.08 Å². The van der Waals surface area contributed by atoms with Gasteiger partial charge in [0.15, 0.2) is 15.8 Å². The topological polar surface area (TPSA) is 67.9 Å². The van der Waals surface area contributed by atoms with Crippen LogP contribution >= 0.6 is 35.3 Å². The Bertz CT molecular complexity index is 1020. The highest BCUT2D eigenvalue weighted by Gasteiger charge is 2.34. The van der Waals surface area contributed by atoms with Crippen molar-refractivity contribution in [2.45, 2.75) is 13.3 Å². The summed E-state index contributed by atoms with van der Waals surface area (Å²) in [5.74, 6) is 0.476. The third-order valence-electron chi connectivity index (χ3n) is 4.07. The second-order valence-electron chi connectivity index (χ2n) is 6.07. The van der Waals surface area contributed by atoms with E-state index in [-0.39, 0.29) is 16.1 Å². The quantitative estimate of drug-likeness (QED) is 0.357. The second-order valence-corrected chi connectivity index (χ2v) is 8.70. The zero-order chi connectivity index (χ0) is 21.7. The maximum atomic E-state index is 12.8. The first-order valence-electron chi connectivity index (χ1n) is 9.05. The van der Waals surface area contributed by atoms with Gasteiger partial charge in [0.2, 0.25) is 0 Å². The molecular weight excluding hydrogens is 440 g/mol. The van der Waals surface area contributed by atoms with E-state index < -0.39 is 0 Å². The molecule has 1 aliphatic heterocycles. The third kappa shape index (κ3) is 4.75. The molecule has 1 aromatic carbocycles. The van der Waals surface area contributed by atoms with E-state index in [2.05, 4.69) is 12.0 Å². The molecule has 0 aliphatic carbocycles. The monoisotopic (exact) mass is 460 g/mol. The molecule has 3 rings (SSSR count). The molecule has 9 heteroatoms. The largest absolute Gasteiger partial charge is 0.493 e. The number of amides is 2. The minimum Gasteiger partial charge on any atom is -0.493 e. The fraction of sp³-hybridized carbons (Fsp3) is 0.190. The molecule has 2 amide bonds. The van der Waals surface area contributed by atoms with Gasteiger partial charge in [-0.2, -0.15) is 5.01 Å². The Kier molecular flexibility index (Phi) is 7.30. The Morgan fingerprint density at radius 1 is 1.40 bits per heavy atom. The first kappa shape index (κ1) is 22.1. The minimum atomic E-state index is -0.381. The Labute approximate surface area is 188 Å². The van der Waals surface area contributed by atoms with E-state index in [9.17, 15) is 9.59 Å². The molecule has 0 bridgehead atoms. The molecule has 156 valence electrons. The van der Waals surface area contributed by atoms with Crippen LogP contribution in [0.3, 0.4) is 0 Å². The van der Waals surface area contributed by atoms with Crippen molar-refractivity contribution in [3.05, 3.63) is 63.2 Å². The number of thioether (sulfide) groups is 1. The SMILES string of the molecule is C=CCc1cc(/C=C2/SC(=S)N(NC(=O)c3cccs3)C2=O)cc(OCC)c1OC. The van der Waals surface area contributed by atoms with E-state index in [4.69, 9.17) is 21.7 Å². The molecule has 0 unspecified atom stereocenters. The highest BCUT2D eigenvalue weighted by molar-refractivity contribution is 8.26. The lowest BCUT2D eigenvalue weighted by molar-refractivity contribution is -0.123. The van der Waals surface area contributed by atoms with Crippen molar-refractivity contribution in [2.75, 3.05) is 13.7 Å². The molecule has 30 heavy (non-hydrogen) atoms. The number of carbonyl (C=O) groups excluding carboxylic acids is 2. The number of thiocarbonyl (C=S) groups is 1. The van der Waals surface area contributed by atoms with Crippen molar-refractivity contribution in [1.82, 2.24) is 10.4 Å². The summed E-state index contributed by atoms with van der Waals surface area (Å²) in [5, 5.41) is 2.89. The molecule has 1 saturated heterocycles. The zero-order valence-electron chi connectivity index (χ0n) is 16.5. The van der Waals surface area contributed by atoms with Crippen molar-refractivity contribution in [3.8, 4) is 11.5 Å². The molecule has 0 atom stereocenters. The second kappa shape index (κ2) is 9.92. The van der Waals surface area contributed by atoms with Crippen LogP contribution in [-0.2, 0) is 11.2 Å². The van der Waals surface area contributed by atoms with Gasteiger partial charge >= 0.3 is 0 Å². The maximum Gasteiger partial charge on any atom is 0.285 e. The zero-order valence-corrected chi connectivity index (χ0v) is 18.9. The summed E-state index contributed by atoms with van der Waals surface area (Å²) in [6.07, 6.45) is 4.09. The Morgan fingerprint density at radius 2 is 2.20 bits per heavy atom. The number of hydrogen-bond donors (Lipinski definition) is 1. The highest BCUT2D eigenvalue weighted by Crippen LogP contribution is 2.37. The Morgan fingerprint density at radius 3 is 2.83 bits per heavy atom. The summed E-state index contributed by atoms with van der Waals surface area (Å²) in [7, 11) is 1.59. The van der Waals surface area contributed by atoms with Crippen molar-refractivity contribution >= 4 is 57.5 Å². The molecule has 2 aromatic rings. The number of rotatable bonds is 8. The van der Waals surface area contributed by atoms with Crippen LogP contribution in [0.1, 0.15) is 27.7 Å². The number of ether oxygens (including phenoxy) is 2. The van der Waals surface area contributed by atoms with Gasteiger partial charge in [-0.3, -0.25) is 15.0 Å². The molecular formula is C21H20N2O4S3. The smallest absolute Gasteiger partial charge is 0.285 e. The van der Waals surface area contributed by atoms with Crippen LogP contribution in [0, 0.1) is 0 Å². The van der Waals surface area contributed by atoms with Gasteiger partial charge in [0.05, 0.1) is 23.5 Å². The number of allylic oxidation sites excluding steroid dienone is 1. The number of thiophene rings is 1. The van der Waals surface area contributed by atoms with E-state index in [0.29, 0.717) is 34.3 Å². The van der Waals surface area contributed by atoms with Gasteiger partial charge in [0, 0.05) is 5.56 Å². The average molecular weight is 461 g/mol. The van der Waals surface area contributed by atoms with Crippen LogP contribution < -0.4 is 14.9 Å². The van der Waals surface area contributed by atoms with Crippen LogP contribution in [0.15, 0.2) is 47.2 Å². The van der Waals surface area contributed by atoms with Crippen LogP contribution in [0.4, 0.5) is 0 Å². The van der Waals surface area contributed by atoms with E-state index in [1.54, 1.807) is 36.8 Å². The lowest BCUT2D eigenvalue weighted by Crippen LogP contribution is -2.44. The van der Waals surface area contributed by atoms with Gasteiger partial charge in [0.25, 0.3) is 11.8 Å². The lowest BCUT2D eigenvalue weighted by atomic mass is 10.0. The molecule has 1 aromatic heterocycles. The van der Waals surface area contributed by atoms with Crippen LogP contribution in [0.5, 0.6) is 11.5 Å². The number of nitrogens with one attached hydrogen (secondary N) is 1. The van der Waals surface area contributed by atoms with Crippen LogP contribution in [-0.4, -0.2) is 34.9 Å². The molecule has 2 heterocycles. The van der Waals surface area contributed by atoms with E-state index in [0.717, 1.165) is 27.9 Å². The number of hydrogen-bond acceptors (Lipinski definition) is 7. The van der Waals surface area contributed by atoms with E-state index in [1.165, 1.54) is 11.3 Å². The molecule has 0 radical (unpaired) electrons. The van der Waals surface area contributed by atoms with Gasteiger partial charge < -0.3 is 9.47 Å². The number of carbonyl (C=O) groups is 2. The fourth-order valence-corrected chi connectivity index (χ4v) is 4.64. The lowest BCUT2D eigenvalue weighted by Gasteiger charge is -2.15. The summed E-state index contributed by atoms with van der Waals surface area (Å²) in [6.45, 7) is 6.15. The summed E-state index contributed by atoms with van der Waals surface area (Å²) >= 11 is 7.71. The first-order chi connectivity index (χ1) is 14.5. The van der Waals surface area contributed by atoms with Gasteiger partial charge in [-0.05, 0) is 60.8 Å². The number of nitrogens with zero attached hydrogens (tertiary/aromatic N) is 1. The Balaban J connectivity index is 1.89. The van der Waals surface area contributed by atoms with Gasteiger partial charge in [-0.1, -0.05) is 23.9 Å². The minimum absolute atomic E-state index is 0.265. The van der Waals surface area contributed by atoms with Crippen molar-refractivity contribution in [3.63, 3.8) is 0 Å². The average Bonchev–Trinajstić information content (AvgIpc) is 3.34. The van der Waals surface area contributed by atoms with E-state index >= 15 is 0 Å². The molecule has 1 N–H and O–H groups in total. The molecule has 0 spiro atoms. The van der Waals surface area contributed by atoms with Crippen molar-refractivity contribution in [1.29, 1.82) is 0 Å². The molecule has 1 aliphatic rings. The predicted molar refractivity (Wildman–Crippen MR) is 125 cm³/mol. The van der Waals surface area contributed by atoms with Gasteiger partial charge in [0.1, 0.15) is 0 Å². The number of hydrazine groups is 1. The predicted octanol–water partition coefficient (Wildman–Crippen LogP) is 4.43. The summed E-state index contributed by atoms with van der Waals surface area (Å²) < 4.78 is 11.5. The maximum absolute atomic E-state index is 12.8. The fourth-order valence-electron chi connectivity index (χ4n) is 2.85. The molecule has 6 nitrogen and oxygen atoms in total. The van der Waals surface area contributed by atoms with Crippen molar-refractivity contribution < 1.29 is 19.1 Å². The van der Waals surface area contributed by atoms with Gasteiger partial charge in [-0.25, -0.2) is 0 Å². The Hall–Kier alpha value is -2.62. The summed E-state index contributed by atoms with van der Waals surface area (Å²) in [4.78, 5) is 26.0. The third-order valence-corrected chi connectivity index (χ3v) is 6.24. The number of benzene rings is 1. The first-order valence-corrected chi connectivity index (χ1v) is 11.2. The highest BCUT2D eigenvalue weighted by atomic mass is 32.2. The standard InChI is InChI=1S/C21H20N2O4S3/c1-4-7-14-10-13(11-15(27-5-2)18(14)26-3)12-17-20(25)23(21(28)30-17)22-19(24)16-8-6-9-29-16/h4,6,8-12H,1,5,7H2,2-3H3,(H,22,24)/b17-12+.